The summed E-state index contributed by atoms with van der Waals surface area (Å²) in [6, 6.07) is 18.3. The number of nitrogens with zero attached hydrogens (tertiary/aromatic N) is 2. The fourth-order valence-corrected chi connectivity index (χ4v) is 4.94. The fraction of sp³-hybridized carbons (Fsp3) is 0.240. The Morgan fingerprint density at radius 3 is 2.94 bits per heavy atom. The molecule has 5 rings (SSSR count). The van der Waals surface area contributed by atoms with E-state index in [4.69, 9.17) is 4.74 Å². The molecule has 3 aromatic heterocycles. The van der Waals surface area contributed by atoms with Crippen LogP contribution in [0.3, 0.4) is 0 Å². The minimum Gasteiger partial charge on any atom is -0.490 e. The van der Waals surface area contributed by atoms with Crippen molar-refractivity contribution in [3.05, 3.63) is 71.7 Å². The highest BCUT2D eigenvalue weighted by atomic mass is 32.1. The number of aromatic nitrogens is 3. The maximum Gasteiger partial charge on any atom is 0.128 e. The highest BCUT2D eigenvalue weighted by Gasteiger charge is 2.16. The average Bonchev–Trinajstić information content (AvgIpc) is 3.53. The second-order valence-electron chi connectivity index (χ2n) is 7.88. The van der Waals surface area contributed by atoms with Crippen LogP contribution >= 0.6 is 11.3 Å². The molecule has 0 saturated heterocycles. The van der Waals surface area contributed by atoms with Crippen LogP contribution in [-0.2, 0) is 13.5 Å². The van der Waals surface area contributed by atoms with Gasteiger partial charge in [0.2, 0.25) is 0 Å². The molecule has 0 fully saturated rings. The molecule has 3 N–H and O–H groups in total. The Kier molecular flexibility index (Phi) is 5.94. The molecule has 3 heterocycles. The molecule has 5 aromatic rings. The molecule has 164 valence electrons. The number of rotatable bonds is 9. The fourth-order valence-electron chi connectivity index (χ4n) is 4.02. The summed E-state index contributed by atoms with van der Waals surface area (Å²) < 4.78 is 9.04. The van der Waals surface area contributed by atoms with Gasteiger partial charge < -0.3 is 20.1 Å². The molecule has 0 aliphatic heterocycles. The first kappa shape index (κ1) is 20.8. The molecule has 1 unspecified atom stereocenters. The van der Waals surface area contributed by atoms with Gasteiger partial charge in [-0.2, -0.15) is 5.10 Å². The number of aliphatic hydroxyl groups is 1. The monoisotopic (exact) mass is 446 g/mol. The lowest BCUT2D eigenvalue weighted by molar-refractivity contribution is 0.107. The quantitative estimate of drug-likeness (QED) is 0.294. The van der Waals surface area contributed by atoms with Gasteiger partial charge in [-0.3, -0.25) is 4.68 Å². The van der Waals surface area contributed by atoms with Crippen LogP contribution in [0.1, 0.15) is 5.56 Å². The van der Waals surface area contributed by atoms with Crippen molar-refractivity contribution in [2.24, 2.45) is 7.05 Å². The van der Waals surface area contributed by atoms with Gasteiger partial charge in [-0.15, -0.1) is 11.3 Å². The van der Waals surface area contributed by atoms with Gasteiger partial charge in [0.25, 0.3) is 0 Å². The van der Waals surface area contributed by atoms with E-state index in [1.807, 2.05) is 42.1 Å². The van der Waals surface area contributed by atoms with Crippen LogP contribution < -0.4 is 10.1 Å². The summed E-state index contributed by atoms with van der Waals surface area (Å²) in [5.41, 5.74) is 5.41. The Hall–Kier alpha value is -3.13. The molecule has 1 atom stereocenters. The number of ether oxygens (including phenoxy) is 1. The predicted octanol–water partition coefficient (Wildman–Crippen LogP) is 4.36. The van der Waals surface area contributed by atoms with Crippen LogP contribution in [0.4, 0.5) is 0 Å². The topological polar surface area (TPSA) is 75.1 Å². The lowest BCUT2D eigenvalue weighted by atomic mass is 10.1. The zero-order valence-electron chi connectivity index (χ0n) is 17.9. The van der Waals surface area contributed by atoms with E-state index >= 15 is 0 Å². The van der Waals surface area contributed by atoms with Crippen LogP contribution in [0, 0.1) is 0 Å². The van der Waals surface area contributed by atoms with E-state index in [0.717, 1.165) is 45.7 Å². The smallest absolute Gasteiger partial charge is 0.128 e. The molecular weight excluding hydrogens is 420 g/mol. The van der Waals surface area contributed by atoms with E-state index in [1.165, 1.54) is 10.9 Å². The molecule has 0 radical (unpaired) electrons. The number of aliphatic hydroxyl groups excluding tert-OH is 1. The lowest BCUT2D eigenvalue weighted by Gasteiger charge is -2.15. The summed E-state index contributed by atoms with van der Waals surface area (Å²) >= 11 is 1.68. The number of aryl methyl sites for hydroxylation is 1. The van der Waals surface area contributed by atoms with Gasteiger partial charge in [0.15, 0.2) is 0 Å². The molecule has 0 aliphatic rings. The van der Waals surface area contributed by atoms with Gasteiger partial charge in [-0.25, -0.2) is 0 Å². The van der Waals surface area contributed by atoms with Gasteiger partial charge >= 0.3 is 0 Å². The van der Waals surface area contributed by atoms with Crippen molar-refractivity contribution in [3.63, 3.8) is 0 Å². The van der Waals surface area contributed by atoms with Crippen molar-refractivity contribution in [2.45, 2.75) is 12.5 Å². The minimum atomic E-state index is -0.600. The number of para-hydroxylation sites is 2. The molecule has 0 saturated carbocycles. The van der Waals surface area contributed by atoms with Crippen LogP contribution in [-0.4, -0.2) is 45.7 Å². The largest absolute Gasteiger partial charge is 0.490 e. The Labute approximate surface area is 190 Å². The van der Waals surface area contributed by atoms with Gasteiger partial charge in [0, 0.05) is 36.3 Å². The number of H-pyrrole nitrogens is 1. The molecular formula is C25H26N4O2S. The van der Waals surface area contributed by atoms with Crippen LogP contribution in [0.2, 0.25) is 0 Å². The van der Waals surface area contributed by atoms with Crippen molar-refractivity contribution in [3.8, 4) is 17.0 Å². The molecule has 0 amide bonds. The van der Waals surface area contributed by atoms with Crippen LogP contribution in [0.5, 0.6) is 5.75 Å². The predicted molar refractivity (Wildman–Crippen MR) is 130 cm³/mol. The number of benzene rings is 2. The Morgan fingerprint density at radius 1 is 1.16 bits per heavy atom. The van der Waals surface area contributed by atoms with Crippen molar-refractivity contribution in [2.75, 3.05) is 19.7 Å². The molecule has 0 aliphatic carbocycles. The number of hydrogen-bond acceptors (Lipinski definition) is 5. The van der Waals surface area contributed by atoms with E-state index in [-0.39, 0.29) is 6.61 Å². The summed E-state index contributed by atoms with van der Waals surface area (Å²) in [4.78, 5) is 3.30. The summed E-state index contributed by atoms with van der Waals surface area (Å²) in [5.74, 6) is 0.735. The van der Waals surface area contributed by atoms with Gasteiger partial charge in [0.1, 0.15) is 24.2 Å². The van der Waals surface area contributed by atoms with Gasteiger partial charge in [0.05, 0.1) is 10.2 Å². The van der Waals surface area contributed by atoms with Gasteiger partial charge in [-0.1, -0.05) is 30.3 Å². The zero-order chi connectivity index (χ0) is 21.9. The van der Waals surface area contributed by atoms with Crippen molar-refractivity contribution < 1.29 is 9.84 Å². The molecule has 2 aromatic carbocycles. The highest BCUT2D eigenvalue weighted by molar-refractivity contribution is 7.17. The second kappa shape index (κ2) is 9.16. The van der Waals surface area contributed by atoms with E-state index < -0.39 is 6.10 Å². The van der Waals surface area contributed by atoms with E-state index in [2.05, 4.69) is 51.2 Å². The third-order valence-corrected chi connectivity index (χ3v) is 6.57. The first-order chi connectivity index (χ1) is 15.7. The van der Waals surface area contributed by atoms with Crippen LogP contribution in [0.25, 0.3) is 32.4 Å². The second-order valence-corrected chi connectivity index (χ2v) is 8.80. The van der Waals surface area contributed by atoms with Crippen molar-refractivity contribution in [1.82, 2.24) is 20.1 Å². The normalized spacial score (nSPS) is 12.6. The maximum absolute atomic E-state index is 10.4. The van der Waals surface area contributed by atoms with E-state index in [9.17, 15) is 5.11 Å². The molecule has 7 heteroatoms. The molecule has 0 bridgehead atoms. The maximum atomic E-state index is 10.4. The number of nitrogens with one attached hydrogen (secondary N) is 2. The summed E-state index contributed by atoms with van der Waals surface area (Å²) in [6.07, 6.45) is 2.36. The first-order valence-corrected chi connectivity index (χ1v) is 11.6. The molecule has 32 heavy (non-hydrogen) atoms. The standard InChI is InChI=1S/C25H26N4O2S/c1-29-22-11-13-32-25(22)24(28-29)20-7-3-5-9-23(20)31-16-18(30)15-26-12-10-17-14-27-21-8-4-2-6-19(17)21/h2-9,11,13-14,18,26-27,30H,10,12,15-16H2,1H3. The third-order valence-electron chi connectivity index (χ3n) is 5.66. The number of thiophene rings is 1. The van der Waals surface area contributed by atoms with E-state index in [0.29, 0.717) is 6.54 Å². The molecule has 0 spiro atoms. The SMILES string of the molecule is Cn1nc(-c2ccccc2OCC(O)CNCCc2c[nH]c3ccccc23)c2sccc21. The average molecular weight is 447 g/mol. The van der Waals surface area contributed by atoms with Gasteiger partial charge in [-0.05, 0) is 48.2 Å². The summed E-state index contributed by atoms with van der Waals surface area (Å²) in [7, 11) is 1.95. The summed E-state index contributed by atoms with van der Waals surface area (Å²) in [6.45, 7) is 1.49. The number of hydrogen-bond donors (Lipinski definition) is 3. The third kappa shape index (κ3) is 4.14. The highest BCUT2D eigenvalue weighted by Crippen LogP contribution is 2.36. The van der Waals surface area contributed by atoms with Crippen molar-refractivity contribution >= 4 is 32.5 Å². The van der Waals surface area contributed by atoms with Crippen molar-refractivity contribution in [1.29, 1.82) is 0 Å². The summed E-state index contributed by atoms with van der Waals surface area (Å²) in [5, 5.41) is 21.8. The number of fused-ring (bicyclic) bond motifs is 2. The minimum absolute atomic E-state index is 0.220. The Balaban J connectivity index is 1.16. The Bertz CT molecular complexity index is 1340. The molecule has 6 nitrogen and oxygen atoms in total. The zero-order valence-corrected chi connectivity index (χ0v) is 18.7. The first-order valence-electron chi connectivity index (χ1n) is 10.8. The number of aromatic amines is 1. The van der Waals surface area contributed by atoms with Crippen LogP contribution in [0.15, 0.2) is 66.2 Å². The van der Waals surface area contributed by atoms with E-state index in [1.54, 1.807) is 11.3 Å². The Morgan fingerprint density at radius 2 is 2.00 bits per heavy atom. The lowest BCUT2D eigenvalue weighted by Crippen LogP contribution is -2.32.